The SMILES string of the molecule is Cl.Fc1ccc2c(c1)CCCN2. The van der Waals surface area contributed by atoms with Gasteiger partial charge in [-0.15, -0.1) is 12.4 Å². The molecule has 0 aliphatic carbocycles. The van der Waals surface area contributed by atoms with E-state index in [-0.39, 0.29) is 18.2 Å². The van der Waals surface area contributed by atoms with Crippen LogP contribution >= 0.6 is 12.4 Å². The minimum Gasteiger partial charge on any atom is -0.385 e. The minimum absolute atomic E-state index is 0. The Kier molecular flexibility index (Phi) is 2.93. The van der Waals surface area contributed by atoms with Gasteiger partial charge >= 0.3 is 0 Å². The van der Waals surface area contributed by atoms with Gasteiger partial charge in [0.2, 0.25) is 0 Å². The number of hydrogen-bond acceptors (Lipinski definition) is 1. The van der Waals surface area contributed by atoms with Gasteiger partial charge in [-0.05, 0) is 36.6 Å². The lowest BCUT2D eigenvalue weighted by Gasteiger charge is -2.17. The molecule has 1 aliphatic heterocycles. The second-order valence-electron chi connectivity index (χ2n) is 2.83. The van der Waals surface area contributed by atoms with Gasteiger partial charge in [0, 0.05) is 12.2 Å². The molecule has 1 N–H and O–H groups in total. The van der Waals surface area contributed by atoms with Crippen LogP contribution in [0.15, 0.2) is 18.2 Å². The summed E-state index contributed by atoms with van der Waals surface area (Å²) < 4.78 is 12.7. The second-order valence-corrected chi connectivity index (χ2v) is 2.83. The summed E-state index contributed by atoms with van der Waals surface area (Å²) in [5, 5.41) is 3.22. The van der Waals surface area contributed by atoms with Crippen molar-refractivity contribution in [1.29, 1.82) is 0 Å². The van der Waals surface area contributed by atoms with Crippen LogP contribution in [0.1, 0.15) is 12.0 Å². The van der Waals surface area contributed by atoms with Gasteiger partial charge in [-0.25, -0.2) is 4.39 Å². The average molecular weight is 188 g/mol. The molecule has 2 rings (SSSR count). The van der Waals surface area contributed by atoms with Crippen molar-refractivity contribution in [2.45, 2.75) is 12.8 Å². The van der Waals surface area contributed by atoms with Crippen LogP contribution in [0.3, 0.4) is 0 Å². The summed E-state index contributed by atoms with van der Waals surface area (Å²) in [6.07, 6.45) is 2.11. The molecule has 0 saturated heterocycles. The van der Waals surface area contributed by atoms with Crippen molar-refractivity contribution in [2.24, 2.45) is 0 Å². The molecular formula is C9H11ClFN. The normalized spacial score (nSPS) is 14.1. The number of anilines is 1. The number of nitrogens with one attached hydrogen (secondary N) is 1. The number of aryl methyl sites for hydroxylation is 1. The molecular weight excluding hydrogens is 177 g/mol. The molecule has 0 atom stereocenters. The van der Waals surface area contributed by atoms with Gasteiger partial charge in [0.25, 0.3) is 0 Å². The van der Waals surface area contributed by atoms with Crippen LogP contribution < -0.4 is 5.32 Å². The molecule has 0 fully saturated rings. The summed E-state index contributed by atoms with van der Waals surface area (Å²) in [6, 6.07) is 4.92. The molecule has 1 aliphatic rings. The van der Waals surface area contributed by atoms with Gasteiger partial charge in [0.1, 0.15) is 5.82 Å². The van der Waals surface area contributed by atoms with E-state index >= 15 is 0 Å². The van der Waals surface area contributed by atoms with Crippen LogP contribution in [-0.4, -0.2) is 6.54 Å². The zero-order valence-electron chi connectivity index (χ0n) is 6.64. The molecule has 0 saturated carbocycles. The Morgan fingerprint density at radius 2 is 2.17 bits per heavy atom. The molecule has 3 heteroatoms. The van der Waals surface area contributed by atoms with E-state index < -0.39 is 0 Å². The zero-order chi connectivity index (χ0) is 7.68. The lowest BCUT2D eigenvalue weighted by molar-refractivity contribution is 0.624. The van der Waals surface area contributed by atoms with Gasteiger partial charge in [-0.2, -0.15) is 0 Å². The van der Waals surface area contributed by atoms with E-state index in [0.29, 0.717) is 0 Å². The first kappa shape index (κ1) is 9.33. The number of fused-ring (bicyclic) bond motifs is 1. The third-order valence-corrected chi connectivity index (χ3v) is 2.01. The quantitative estimate of drug-likeness (QED) is 0.659. The molecule has 0 radical (unpaired) electrons. The highest BCUT2D eigenvalue weighted by Gasteiger charge is 2.07. The van der Waals surface area contributed by atoms with Crippen LogP contribution in [0.2, 0.25) is 0 Å². The highest BCUT2D eigenvalue weighted by atomic mass is 35.5. The molecule has 0 amide bonds. The standard InChI is InChI=1S/C9H10FN.ClH/c10-8-3-4-9-7(6-8)2-1-5-11-9;/h3-4,6,11H,1-2,5H2;1H. The summed E-state index contributed by atoms with van der Waals surface area (Å²) >= 11 is 0. The van der Waals surface area contributed by atoms with E-state index in [1.807, 2.05) is 6.07 Å². The van der Waals surface area contributed by atoms with Crippen LogP contribution in [0, 0.1) is 5.82 Å². The highest BCUT2D eigenvalue weighted by Crippen LogP contribution is 2.21. The minimum atomic E-state index is -0.132. The Morgan fingerprint density at radius 1 is 1.33 bits per heavy atom. The van der Waals surface area contributed by atoms with Crippen molar-refractivity contribution >= 4 is 18.1 Å². The van der Waals surface area contributed by atoms with Crippen LogP contribution in [-0.2, 0) is 6.42 Å². The second kappa shape index (κ2) is 3.76. The fourth-order valence-corrected chi connectivity index (χ4v) is 1.44. The van der Waals surface area contributed by atoms with Crippen molar-refractivity contribution in [2.75, 3.05) is 11.9 Å². The molecule has 66 valence electrons. The van der Waals surface area contributed by atoms with Crippen molar-refractivity contribution in [3.8, 4) is 0 Å². The molecule has 0 unspecified atom stereocenters. The fraction of sp³-hybridized carbons (Fsp3) is 0.333. The first-order valence-electron chi connectivity index (χ1n) is 3.88. The largest absolute Gasteiger partial charge is 0.385 e. The summed E-state index contributed by atoms with van der Waals surface area (Å²) in [7, 11) is 0. The fourth-order valence-electron chi connectivity index (χ4n) is 1.44. The van der Waals surface area contributed by atoms with Gasteiger partial charge in [-0.1, -0.05) is 0 Å². The number of halogens is 2. The predicted molar refractivity (Wildman–Crippen MR) is 50.5 cm³/mol. The maximum Gasteiger partial charge on any atom is 0.123 e. The third kappa shape index (κ3) is 1.69. The van der Waals surface area contributed by atoms with Crippen molar-refractivity contribution in [3.05, 3.63) is 29.6 Å². The molecule has 1 heterocycles. The van der Waals surface area contributed by atoms with Crippen molar-refractivity contribution < 1.29 is 4.39 Å². The average Bonchev–Trinajstić information content (AvgIpc) is 2.04. The van der Waals surface area contributed by atoms with Crippen LogP contribution in [0.4, 0.5) is 10.1 Å². The van der Waals surface area contributed by atoms with E-state index in [1.165, 1.54) is 6.07 Å². The van der Waals surface area contributed by atoms with Crippen LogP contribution in [0.5, 0.6) is 0 Å². The van der Waals surface area contributed by atoms with Gasteiger partial charge in [-0.3, -0.25) is 0 Å². The van der Waals surface area contributed by atoms with E-state index in [4.69, 9.17) is 0 Å². The maximum atomic E-state index is 12.7. The molecule has 0 bridgehead atoms. The Labute approximate surface area is 77.4 Å². The molecule has 1 aromatic rings. The zero-order valence-corrected chi connectivity index (χ0v) is 7.46. The molecule has 1 nitrogen and oxygen atoms in total. The van der Waals surface area contributed by atoms with E-state index in [1.54, 1.807) is 6.07 Å². The van der Waals surface area contributed by atoms with E-state index in [0.717, 1.165) is 30.6 Å². The van der Waals surface area contributed by atoms with E-state index in [2.05, 4.69) is 5.32 Å². The molecule has 1 aromatic carbocycles. The third-order valence-electron chi connectivity index (χ3n) is 2.01. The lowest BCUT2D eigenvalue weighted by Crippen LogP contribution is -2.11. The van der Waals surface area contributed by atoms with Crippen molar-refractivity contribution in [3.63, 3.8) is 0 Å². The van der Waals surface area contributed by atoms with Crippen LogP contribution in [0.25, 0.3) is 0 Å². The Hall–Kier alpha value is -0.760. The number of hydrogen-bond donors (Lipinski definition) is 1. The number of rotatable bonds is 0. The molecule has 0 spiro atoms. The monoisotopic (exact) mass is 187 g/mol. The topological polar surface area (TPSA) is 12.0 Å². The smallest absolute Gasteiger partial charge is 0.123 e. The van der Waals surface area contributed by atoms with E-state index in [9.17, 15) is 4.39 Å². The Balaban J connectivity index is 0.000000720. The number of benzene rings is 1. The Bertz CT molecular complexity index is 275. The summed E-state index contributed by atoms with van der Waals surface area (Å²) in [6.45, 7) is 1.01. The predicted octanol–water partition coefficient (Wildman–Crippen LogP) is 2.61. The highest BCUT2D eigenvalue weighted by molar-refractivity contribution is 5.85. The van der Waals surface area contributed by atoms with Crippen molar-refractivity contribution in [1.82, 2.24) is 0 Å². The lowest BCUT2D eigenvalue weighted by atomic mass is 10.0. The summed E-state index contributed by atoms with van der Waals surface area (Å²) in [5.41, 5.74) is 2.20. The molecule has 12 heavy (non-hydrogen) atoms. The summed E-state index contributed by atoms with van der Waals surface area (Å²) in [5.74, 6) is -0.132. The maximum absolute atomic E-state index is 12.7. The first-order chi connectivity index (χ1) is 5.36. The van der Waals surface area contributed by atoms with Gasteiger partial charge < -0.3 is 5.32 Å². The van der Waals surface area contributed by atoms with Gasteiger partial charge in [0.05, 0.1) is 0 Å². The Morgan fingerprint density at radius 3 is 3.00 bits per heavy atom. The summed E-state index contributed by atoms with van der Waals surface area (Å²) in [4.78, 5) is 0. The molecule has 0 aromatic heterocycles. The van der Waals surface area contributed by atoms with Gasteiger partial charge in [0.15, 0.2) is 0 Å². The first-order valence-corrected chi connectivity index (χ1v) is 3.88.